The van der Waals surface area contributed by atoms with Crippen molar-refractivity contribution in [3.05, 3.63) is 12.2 Å². The largest absolute Gasteiger partial charge is 0.395 e. The maximum absolute atomic E-state index is 9.69. The minimum absolute atomic E-state index is 0.131. The molecule has 0 aliphatic heterocycles. The molecule has 1 N–H and O–H groups in total. The Morgan fingerprint density at radius 1 is 0.967 bits per heavy atom. The summed E-state index contributed by atoms with van der Waals surface area (Å²) >= 11 is 0. The van der Waals surface area contributed by atoms with Crippen molar-refractivity contribution in [3.8, 4) is 0 Å². The molecular formula is C29H50O. The molecule has 1 unspecified atom stereocenters. The van der Waals surface area contributed by atoms with Crippen LogP contribution in [0.2, 0.25) is 0 Å². The molecule has 4 saturated carbocycles. The van der Waals surface area contributed by atoms with Gasteiger partial charge in [0.2, 0.25) is 0 Å². The first-order valence-corrected chi connectivity index (χ1v) is 13.4. The van der Waals surface area contributed by atoms with Gasteiger partial charge in [-0.3, -0.25) is 0 Å². The number of hydrogen-bond donors (Lipinski definition) is 1. The summed E-state index contributed by atoms with van der Waals surface area (Å²) in [5.74, 6) is 5.74. The third-order valence-electron chi connectivity index (χ3n) is 11.6. The molecule has 0 aromatic carbocycles. The molecule has 4 aliphatic rings. The monoisotopic (exact) mass is 414 g/mol. The average Bonchev–Trinajstić information content (AvgIpc) is 3.08. The number of rotatable bonds is 6. The van der Waals surface area contributed by atoms with E-state index in [0.29, 0.717) is 10.8 Å². The summed E-state index contributed by atoms with van der Waals surface area (Å²) in [6, 6.07) is 0. The van der Waals surface area contributed by atoms with Gasteiger partial charge < -0.3 is 5.11 Å². The third kappa shape index (κ3) is 3.64. The van der Waals surface area contributed by atoms with Gasteiger partial charge in [0.15, 0.2) is 0 Å². The van der Waals surface area contributed by atoms with Crippen molar-refractivity contribution in [1.82, 2.24) is 0 Å². The Morgan fingerprint density at radius 2 is 1.70 bits per heavy atom. The molecule has 172 valence electrons. The second kappa shape index (κ2) is 8.24. The van der Waals surface area contributed by atoms with E-state index in [2.05, 4.69) is 41.2 Å². The van der Waals surface area contributed by atoms with E-state index >= 15 is 0 Å². The van der Waals surface area contributed by atoms with Crippen molar-refractivity contribution in [2.75, 3.05) is 6.61 Å². The van der Waals surface area contributed by atoms with Crippen LogP contribution >= 0.6 is 0 Å². The minimum Gasteiger partial charge on any atom is -0.395 e. The van der Waals surface area contributed by atoms with Gasteiger partial charge in [-0.25, -0.2) is 0 Å². The lowest BCUT2D eigenvalue weighted by atomic mass is 9.44. The first-order valence-electron chi connectivity index (χ1n) is 13.4. The summed E-state index contributed by atoms with van der Waals surface area (Å²) in [5.41, 5.74) is 2.35. The molecular weight excluding hydrogens is 364 g/mol. The smallest absolute Gasteiger partial charge is 0.0519 e. The van der Waals surface area contributed by atoms with Crippen LogP contribution in [-0.2, 0) is 0 Å². The van der Waals surface area contributed by atoms with Gasteiger partial charge in [0.05, 0.1) is 6.61 Å². The fourth-order valence-electron chi connectivity index (χ4n) is 9.32. The Morgan fingerprint density at radius 3 is 2.43 bits per heavy atom. The van der Waals surface area contributed by atoms with Crippen LogP contribution in [0.25, 0.3) is 0 Å². The first-order chi connectivity index (χ1) is 14.1. The van der Waals surface area contributed by atoms with Crippen LogP contribution in [0.1, 0.15) is 112 Å². The van der Waals surface area contributed by atoms with E-state index < -0.39 is 0 Å². The van der Waals surface area contributed by atoms with Crippen molar-refractivity contribution < 1.29 is 5.11 Å². The van der Waals surface area contributed by atoms with Crippen molar-refractivity contribution in [2.45, 2.75) is 112 Å². The van der Waals surface area contributed by atoms with Crippen molar-refractivity contribution in [3.63, 3.8) is 0 Å². The molecule has 0 aromatic heterocycles. The summed E-state index contributed by atoms with van der Waals surface area (Å²) in [7, 11) is 0. The summed E-state index contributed by atoms with van der Waals surface area (Å²) in [6.45, 7) is 16.8. The van der Waals surface area contributed by atoms with Crippen LogP contribution in [0, 0.1) is 51.8 Å². The number of hydrogen-bond acceptors (Lipinski definition) is 1. The van der Waals surface area contributed by atoms with Gasteiger partial charge >= 0.3 is 0 Å². The number of aliphatic hydroxyl groups excluding tert-OH is 1. The highest BCUT2D eigenvalue weighted by atomic mass is 16.3. The van der Waals surface area contributed by atoms with Gasteiger partial charge in [0.1, 0.15) is 0 Å². The highest BCUT2D eigenvalue weighted by molar-refractivity contribution is 5.10. The predicted molar refractivity (Wildman–Crippen MR) is 128 cm³/mol. The van der Waals surface area contributed by atoms with Crippen molar-refractivity contribution >= 4 is 0 Å². The second-order valence-corrected chi connectivity index (χ2v) is 13.3. The number of aliphatic hydroxyl groups is 1. The molecule has 0 heterocycles. The van der Waals surface area contributed by atoms with E-state index in [1.165, 1.54) is 76.2 Å². The molecule has 4 aliphatic carbocycles. The molecule has 8 atom stereocenters. The SMILES string of the molecule is C=C(CC[C@@H](C)[C@H]1CC[C@H]2[C@@H]3CCC4CCCC[C@]4(C)[C@H]3CC[C@]12C)C(C)(C)CO. The zero-order valence-electron chi connectivity index (χ0n) is 20.8. The van der Waals surface area contributed by atoms with Crippen LogP contribution in [-0.4, -0.2) is 11.7 Å². The summed E-state index contributed by atoms with van der Waals surface area (Å²) < 4.78 is 0. The first kappa shape index (κ1) is 22.9. The molecule has 0 radical (unpaired) electrons. The van der Waals surface area contributed by atoms with E-state index in [-0.39, 0.29) is 12.0 Å². The predicted octanol–water partition coefficient (Wildman–Crippen LogP) is 8.03. The van der Waals surface area contributed by atoms with Gasteiger partial charge in [0, 0.05) is 5.41 Å². The van der Waals surface area contributed by atoms with Crippen LogP contribution < -0.4 is 0 Å². The van der Waals surface area contributed by atoms with Crippen LogP contribution in [0.4, 0.5) is 0 Å². The molecule has 0 bridgehead atoms. The maximum Gasteiger partial charge on any atom is 0.0519 e. The molecule has 4 fully saturated rings. The normalized spacial score (nSPS) is 44.7. The Hall–Kier alpha value is -0.300. The zero-order chi connectivity index (χ0) is 21.7. The second-order valence-electron chi connectivity index (χ2n) is 13.3. The summed E-state index contributed by atoms with van der Waals surface area (Å²) in [5, 5.41) is 9.69. The van der Waals surface area contributed by atoms with Gasteiger partial charge in [0.25, 0.3) is 0 Å². The minimum atomic E-state index is -0.131. The topological polar surface area (TPSA) is 20.2 Å². The fourth-order valence-corrected chi connectivity index (χ4v) is 9.32. The summed E-state index contributed by atoms with van der Waals surface area (Å²) in [6.07, 6.45) is 17.4. The standard InChI is InChI=1S/C29H50O/c1-20(10-11-21(2)27(3,4)19-30)24-14-15-25-23-13-12-22-9-7-8-17-28(22,5)26(23)16-18-29(24,25)6/h20,22-26,30H,2,7-19H2,1,3-6H3/t20-,22?,23+,24-,25+,26+,28+,29-/m1/s1. The highest BCUT2D eigenvalue weighted by Gasteiger charge is 2.60. The molecule has 1 heteroatoms. The van der Waals surface area contributed by atoms with E-state index in [1.807, 2.05) is 0 Å². The van der Waals surface area contributed by atoms with Gasteiger partial charge in [-0.05, 0) is 111 Å². The summed E-state index contributed by atoms with van der Waals surface area (Å²) in [4.78, 5) is 0. The fraction of sp³-hybridized carbons (Fsp3) is 0.931. The molecule has 0 amide bonds. The Kier molecular flexibility index (Phi) is 6.28. The Labute approximate surface area is 187 Å². The Balaban J connectivity index is 1.44. The van der Waals surface area contributed by atoms with Gasteiger partial charge in [-0.15, -0.1) is 0 Å². The molecule has 0 spiro atoms. The van der Waals surface area contributed by atoms with Crippen LogP contribution in [0.15, 0.2) is 12.2 Å². The van der Waals surface area contributed by atoms with Crippen LogP contribution in [0.3, 0.4) is 0 Å². The highest BCUT2D eigenvalue weighted by Crippen LogP contribution is 2.68. The molecule has 4 rings (SSSR count). The lowest BCUT2D eigenvalue weighted by molar-refractivity contribution is -0.114. The van der Waals surface area contributed by atoms with E-state index in [1.54, 1.807) is 0 Å². The van der Waals surface area contributed by atoms with Crippen LogP contribution in [0.5, 0.6) is 0 Å². The molecule has 1 nitrogen and oxygen atoms in total. The molecule has 0 aromatic rings. The van der Waals surface area contributed by atoms with Crippen molar-refractivity contribution in [2.24, 2.45) is 51.8 Å². The molecule has 30 heavy (non-hydrogen) atoms. The number of fused-ring (bicyclic) bond motifs is 5. The van der Waals surface area contributed by atoms with Gasteiger partial charge in [-0.2, -0.15) is 0 Å². The van der Waals surface area contributed by atoms with E-state index in [4.69, 9.17) is 0 Å². The average molecular weight is 415 g/mol. The maximum atomic E-state index is 9.69. The van der Waals surface area contributed by atoms with Gasteiger partial charge in [-0.1, -0.05) is 59.6 Å². The zero-order valence-corrected chi connectivity index (χ0v) is 20.8. The Bertz CT molecular complexity index is 634. The third-order valence-corrected chi connectivity index (χ3v) is 11.6. The van der Waals surface area contributed by atoms with E-state index in [9.17, 15) is 5.11 Å². The van der Waals surface area contributed by atoms with E-state index in [0.717, 1.165) is 41.9 Å². The molecule has 0 saturated heterocycles. The van der Waals surface area contributed by atoms with Crippen molar-refractivity contribution in [1.29, 1.82) is 0 Å². The lowest BCUT2D eigenvalue weighted by Crippen LogP contribution is -2.53. The lowest BCUT2D eigenvalue weighted by Gasteiger charge is -2.61. The quantitative estimate of drug-likeness (QED) is 0.436.